The van der Waals surface area contributed by atoms with E-state index in [1.165, 1.54) is 0 Å². The van der Waals surface area contributed by atoms with Crippen LogP contribution in [0.1, 0.15) is 38.3 Å². The number of Topliss-reactive ketones (excluding diaryl/α,β-unsaturated/α-hetero) is 1. The van der Waals surface area contributed by atoms with Crippen molar-refractivity contribution < 1.29 is 4.79 Å². The number of carbonyl (C=O) groups is 1. The van der Waals surface area contributed by atoms with Crippen molar-refractivity contribution in [3.8, 4) is 11.4 Å². The minimum Gasteiger partial charge on any atom is -0.388 e. The molecule has 0 saturated carbocycles. The number of halogens is 1. The fourth-order valence-corrected chi connectivity index (χ4v) is 4.73. The van der Waals surface area contributed by atoms with Crippen molar-refractivity contribution in [3.63, 3.8) is 0 Å². The summed E-state index contributed by atoms with van der Waals surface area (Å²) in [5.74, 6) is 1.32. The minimum atomic E-state index is -0.329. The maximum Gasteiger partial charge on any atom is 0.226 e. The molecule has 0 radical (unpaired) electrons. The van der Waals surface area contributed by atoms with Crippen molar-refractivity contribution in [1.29, 1.82) is 0 Å². The first-order valence-electron chi connectivity index (χ1n) is 10.4. The first-order valence-corrected chi connectivity index (χ1v) is 10.8. The molecule has 0 fully saturated rings. The Bertz CT molecular complexity index is 1210. The van der Waals surface area contributed by atoms with Gasteiger partial charge in [0, 0.05) is 36.0 Å². The van der Waals surface area contributed by atoms with Gasteiger partial charge in [-0.2, -0.15) is 4.98 Å². The lowest BCUT2D eigenvalue weighted by molar-refractivity contribution is -0.118. The topological polar surface area (TPSA) is 71.8 Å². The highest BCUT2D eigenvalue weighted by Crippen LogP contribution is 2.46. The van der Waals surface area contributed by atoms with Crippen LogP contribution in [0.25, 0.3) is 11.4 Å². The summed E-state index contributed by atoms with van der Waals surface area (Å²) in [6, 6.07) is 15.3. The Kier molecular flexibility index (Phi) is 4.63. The van der Waals surface area contributed by atoms with Crippen LogP contribution in [-0.2, 0) is 4.79 Å². The molecular formula is C24H24ClN5O. The Morgan fingerprint density at radius 1 is 1.13 bits per heavy atom. The second kappa shape index (κ2) is 7.24. The molecule has 0 bridgehead atoms. The van der Waals surface area contributed by atoms with Gasteiger partial charge in [-0.25, -0.2) is 4.68 Å². The SMILES string of the molecule is CNc1ccc([C@@H]2C3=C(CC(C)(C)CC3=O)Nc3nc(-c4ccccc4Cl)nn32)cc1. The lowest BCUT2D eigenvalue weighted by Crippen LogP contribution is -2.36. The summed E-state index contributed by atoms with van der Waals surface area (Å²) >= 11 is 6.41. The summed E-state index contributed by atoms with van der Waals surface area (Å²) < 4.78 is 1.82. The molecule has 1 atom stereocenters. The number of aromatic nitrogens is 3. The molecular weight excluding hydrogens is 410 g/mol. The Balaban J connectivity index is 1.68. The quantitative estimate of drug-likeness (QED) is 0.586. The largest absolute Gasteiger partial charge is 0.388 e. The Morgan fingerprint density at radius 2 is 1.87 bits per heavy atom. The van der Waals surface area contributed by atoms with Gasteiger partial charge in [0.1, 0.15) is 6.04 Å². The Morgan fingerprint density at radius 3 is 2.58 bits per heavy atom. The smallest absolute Gasteiger partial charge is 0.226 e. The summed E-state index contributed by atoms with van der Waals surface area (Å²) in [6.45, 7) is 4.25. The number of allylic oxidation sites excluding steroid dienone is 2. The van der Waals surface area contributed by atoms with E-state index in [0.717, 1.165) is 34.5 Å². The maximum absolute atomic E-state index is 13.3. The highest BCUT2D eigenvalue weighted by molar-refractivity contribution is 6.33. The first kappa shape index (κ1) is 19.8. The second-order valence-corrected chi connectivity index (χ2v) is 9.32. The lowest BCUT2D eigenvalue weighted by atomic mass is 9.73. The number of nitrogens with zero attached hydrogens (tertiary/aromatic N) is 3. The third kappa shape index (κ3) is 3.41. The maximum atomic E-state index is 13.3. The number of hydrogen-bond donors (Lipinski definition) is 2. The number of nitrogens with one attached hydrogen (secondary N) is 2. The normalized spacial score (nSPS) is 19.5. The number of fused-ring (bicyclic) bond motifs is 1. The molecule has 0 amide bonds. The molecule has 6 nitrogen and oxygen atoms in total. The van der Waals surface area contributed by atoms with Gasteiger partial charge in [-0.3, -0.25) is 4.79 Å². The van der Waals surface area contributed by atoms with E-state index >= 15 is 0 Å². The van der Waals surface area contributed by atoms with Crippen LogP contribution < -0.4 is 10.6 Å². The van der Waals surface area contributed by atoms with Crippen LogP contribution in [0.3, 0.4) is 0 Å². The predicted octanol–water partition coefficient (Wildman–Crippen LogP) is 5.30. The van der Waals surface area contributed by atoms with Crippen molar-refractivity contribution in [1.82, 2.24) is 14.8 Å². The van der Waals surface area contributed by atoms with Gasteiger partial charge in [0.05, 0.1) is 5.02 Å². The van der Waals surface area contributed by atoms with E-state index in [2.05, 4.69) is 24.5 Å². The van der Waals surface area contributed by atoms with Crippen LogP contribution in [0.2, 0.25) is 5.02 Å². The van der Waals surface area contributed by atoms with E-state index in [1.807, 2.05) is 60.3 Å². The van der Waals surface area contributed by atoms with Gasteiger partial charge in [0.2, 0.25) is 5.95 Å². The molecule has 7 heteroatoms. The van der Waals surface area contributed by atoms with Crippen LogP contribution in [0.5, 0.6) is 0 Å². The zero-order valence-corrected chi connectivity index (χ0v) is 18.5. The van der Waals surface area contributed by atoms with E-state index in [1.54, 1.807) is 0 Å². The molecule has 1 aliphatic heterocycles. The van der Waals surface area contributed by atoms with Crippen molar-refractivity contribution in [2.75, 3.05) is 17.7 Å². The van der Waals surface area contributed by atoms with E-state index < -0.39 is 0 Å². The summed E-state index contributed by atoms with van der Waals surface area (Å²) in [7, 11) is 1.89. The highest BCUT2D eigenvalue weighted by Gasteiger charge is 2.41. The third-order valence-corrected chi connectivity index (χ3v) is 6.29. The number of hydrogen-bond acceptors (Lipinski definition) is 5. The molecule has 0 saturated heterocycles. The molecule has 158 valence electrons. The number of rotatable bonds is 3. The van der Waals surface area contributed by atoms with Crippen LogP contribution in [-0.4, -0.2) is 27.6 Å². The molecule has 2 heterocycles. The van der Waals surface area contributed by atoms with Gasteiger partial charge in [0.25, 0.3) is 0 Å². The Hall–Kier alpha value is -3.12. The monoisotopic (exact) mass is 433 g/mol. The summed E-state index contributed by atoms with van der Waals surface area (Å²) in [5, 5.41) is 11.9. The van der Waals surface area contributed by atoms with Gasteiger partial charge in [-0.05, 0) is 41.7 Å². The zero-order chi connectivity index (χ0) is 21.8. The standard InChI is InChI=1S/C24H24ClN5O/c1-24(2)12-18-20(19(31)13-24)21(14-8-10-15(26-3)11-9-14)30-23(27-18)28-22(29-30)16-6-4-5-7-17(16)25/h4-11,21,26H,12-13H2,1-3H3,(H,27,28,29)/t21-/m1/s1. The number of carbonyl (C=O) groups excluding carboxylic acids is 1. The lowest BCUT2D eigenvalue weighted by Gasteiger charge is -2.38. The molecule has 0 unspecified atom stereocenters. The van der Waals surface area contributed by atoms with Crippen LogP contribution in [0.15, 0.2) is 59.8 Å². The van der Waals surface area contributed by atoms with Crippen LogP contribution >= 0.6 is 11.6 Å². The molecule has 1 aromatic heterocycles. The second-order valence-electron chi connectivity index (χ2n) is 8.92. The molecule has 2 aromatic carbocycles. The molecule has 31 heavy (non-hydrogen) atoms. The fourth-order valence-electron chi connectivity index (χ4n) is 4.51. The van der Waals surface area contributed by atoms with Gasteiger partial charge in [-0.15, -0.1) is 5.10 Å². The van der Waals surface area contributed by atoms with Gasteiger partial charge in [0.15, 0.2) is 11.6 Å². The highest BCUT2D eigenvalue weighted by atomic mass is 35.5. The van der Waals surface area contributed by atoms with Gasteiger partial charge < -0.3 is 10.6 Å². The molecule has 2 aliphatic rings. The Labute approximate surface area is 186 Å². The number of benzene rings is 2. The molecule has 0 spiro atoms. The number of anilines is 2. The summed E-state index contributed by atoms with van der Waals surface area (Å²) in [5.41, 5.74) is 4.39. The average Bonchev–Trinajstić information content (AvgIpc) is 3.15. The van der Waals surface area contributed by atoms with E-state index in [4.69, 9.17) is 21.7 Å². The summed E-state index contributed by atoms with van der Waals surface area (Å²) in [4.78, 5) is 18.1. The van der Waals surface area contributed by atoms with Crippen molar-refractivity contribution in [3.05, 3.63) is 70.4 Å². The zero-order valence-electron chi connectivity index (χ0n) is 17.7. The number of ketones is 1. The van der Waals surface area contributed by atoms with Crippen LogP contribution in [0, 0.1) is 5.41 Å². The van der Waals surface area contributed by atoms with E-state index in [-0.39, 0.29) is 17.2 Å². The molecule has 5 rings (SSSR count). The van der Waals surface area contributed by atoms with E-state index in [9.17, 15) is 4.79 Å². The van der Waals surface area contributed by atoms with Gasteiger partial charge in [-0.1, -0.05) is 49.7 Å². The van der Waals surface area contributed by atoms with E-state index in [0.29, 0.717) is 23.2 Å². The molecule has 3 aromatic rings. The third-order valence-electron chi connectivity index (χ3n) is 5.96. The van der Waals surface area contributed by atoms with Crippen LogP contribution in [0.4, 0.5) is 11.6 Å². The minimum absolute atomic E-state index is 0.1000. The fraction of sp³-hybridized carbons (Fsp3) is 0.292. The van der Waals surface area contributed by atoms with Gasteiger partial charge >= 0.3 is 0 Å². The predicted molar refractivity (Wildman–Crippen MR) is 123 cm³/mol. The molecule has 2 N–H and O–H groups in total. The van der Waals surface area contributed by atoms with Crippen molar-refractivity contribution >= 4 is 29.0 Å². The average molecular weight is 434 g/mol. The van der Waals surface area contributed by atoms with Crippen molar-refractivity contribution in [2.45, 2.75) is 32.7 Å². The molecule has 1 aliphatic carbocycles. The van der Waals surface area contributed by atoms with Crippen molar-refractivity contribution in [2.24, 2.45) is 5.41 Å². The first-order chi connectivity index (χ1) is 14.9. The summed E-state index contributed by atoms with van der Waals surface area (Å²) in [6.07, 6.45) is 1.30.